The summed E-state index contributed by atoms with van der Waals surface area (Å²) >= 11 is 12.1. The highest BCUT2D eigenvalue weighted by atomic mass is 35.5. The van der Waals surface area contributed by atoms with Crippen LogP contribution in [-0.2, 0) is 13.0 Å². The summed E-state index contributed by atoms with van der Waals surface area (Å²) in [6.45, 7) is 14.6. The maximum Gasteiger partial charge on any atom is 0.263 e. The fraction of sp³-hybridized carbons (Fsp3) is 0.250. The van der Waals surface area contributed by atoms with Gasteiger partial charge in [0.2, 0.25) is 5.95 Å². The van der Waals surface area contributed by atoms with E-state index < -0.39 is 0 Å². The molecule has 8 heteroatoms. The van der Waals surface area contributed by atoms with Gasteiger partial charge in [-0.05, 0) is 63.1 Å². The minimum Gasteiger partial charge on any atom is -0.351 e. The molecule has 0 fully saturated rings. The Morgan fingerprint density at radius 1 is 1.17 bits per heavy atom. The van der Waals surface area contributed by atoms with Crippen LogP contribution in [0, 0.1) is 0 Å². The Morgan fingerprint density at radius 3 is 2.53 bits per heavy atom. The van der Waals surface area contributed by atoms with Gasteiger partial charge in [0.15, 0.2) is 0 Å². The third kappa shape index (κ3) is 6.07. The lowest BCUT2D eigenvalue weighted by atomic mass is 10.0. The summed E-state index contributed by atoms with van der Waals surface area (Å²) in [6.07, 6.45) is 9.47. The summed E-state index contributed by atoms with van der Waals surface area (Å²) in [4.78, 5) is 33.3. The first-order valence-electron chi connectivity index (χ1n) is 11.6. The van der Waals surface area contributed by atoms with Crippen LogP contribution < -0.4 is 10.9 Å². The average Bonchev–Trinajstić information content (AvgIpc) is 2.87. The number of benzene rings is 1. The van der Waals surface area contributed by atoms with Crippen molar-refractivity contribution in [2.24, 2.45) is 0 Å². The number of halogens is 2. The third-order valence-electron chi connectivity index (χ3n) is 5.83. The molecule has 0 saturated carbocycles. The molecule has 0 radical (unpaired) electrons. The van der Waals surface area contributed by atoms with E-state index in [1.165, 1.54) is 4.57 Å². The number of hydrogen-bond acceptors (Lipinski definition) is 4. The third-order valence-corrected chi connectivity index (χ3v) is 6.57. The number of aromatic nitrogens is 2. The van der Waals surface area contributed by atoms with Crippen LogP contribution >= 0.6 is 23.2 Å². The molecule has 0 unspecified atom stereocenters. The Bertz CT molecular complexity index is 1350. The van der Waals surface area contributed by atoms with Gasteiger partial charge in [0.25, 0.3) is 11.5 Å². The molecule has 1 aliphatic heterocycles. The monoisotopic (exact) mass is 524 g/mol. The normalized spacial score (nSPS) is 13.6. The molecule has 0 bridgehead atoms. The molecule has 1 aromatic heterocycles. The molecule has 0 spiro atoms. The van der Waals surface area contributed by atoms with Gasteiger partial charge in [-0.1, -0.05) is 60.2 Å². The van der Waals surface area contributed by atoms with Gasteiger partial charge in [-0.25, -0.2) is 9.55 Å². The minimum absolute atomic E-state index is 0.182. The summed E-state index contributed by atoms with van der Waals surface area (Å²) < 4.78 is 1.54. The lowest BCUT2D eigenvalue weighted by Crippen LogP contribution is -2.41. The van der Waals surface area contributed by atoms with E-state index in [9.17, 15) is 9.59 Å². The average molecular weight is 525 g/mol. The van der Waals surface area contributed by atoms with Crippen molar-refractivity contribution in [1.29, 1.82) is 0 Å². The molecule has 0 saturated heterocycles. The molecule has 6 nitrogen and oxygen atoms in total. The Morgan fingerprint density at radius 2 is 1.92 bits per heavy atom. The van der Waals surface area contributed by atoms with Crippen LogP contribution in [0.4, 0.5) is 5.95 Å². The zero-order chi connectivity index (χ0) is 26.4. The number of allylic oxidation sites excluding steroid dienone is 6. The standard InChI is InChI=1S/C28H30Cl2N4O2/c1-6-19(7-2)16-31-28-32-25-17-33(26(35)20-10-12-23(29)24(30)15-20)14-13-22(25)27(36)34(28)21(8-3)11-9-18(4)5/h6-12,15H,1,3,13-14,16-17H2,2,4-5H3,(H,31,32)/b19-7+,21-11+. The summed E-state index contributed by atoms with van der Waals surface area (Å²) in [5.41, 5.74) is 4.04. The number of fused-ring (bicyclic) bond motifs is 1. The van der Waals surface area contributed by atoms with Crippen LogP contribution in [0.1, 0.15) is 42.4 Å². The first-order chi connectivity index (χ1) is 17.2. The zero-order valence-corrected chi connectivity index (χ0v) is 22.3. The Hall–Kier alpha value is -3.35. The predicted octanol–water partition coefficient (Wildman–Crippen LogP) is 6.29. The van der Waals surface area contributed by atoms with Crippen molar-refractivity contribution in [3.8, 4) is 0 Å². The smallest absolute Gasteiger partial charge is 0.263 e. The molecule has 2 heterocycles. The maximum atomic E-state index is 13.7. The van der Waals surface area contributed by atoms with Crippen LogP contribution in [-0.4, -0.2) is 33.4 Å². The number of hydrogen-bond donors (Lipinski definition) is 1. The van der Waals surface area contributed by atoms with E-state index in [-0.39, 0.29) is 18.0 Å². The molecule has 1 aromatic carbocycles. The van der Waals surface area contributed by atoms with Crippen LogP contribution in [0.5, 0.6) is 0 Å². The van der Waals surface area contributed by atoms with Crippen LogP contribution in [0.15, 0.2) is 77.7 Å². The highest BCUT2D eigenvalue weighted by Gasteiger charge is 2.27. The second-order valence-electron chi connectivity index (χ2n) is 8.57. The van der Waals surface area contributed by atoms with Gasteiger partial charge < -0.3 is 10.2 Å². The van der Waals surface area contributed by atoms with Gasteiger partial charge >= 0.3 is 0 Å². The Kier molecular flexibility index (Phi) is 9.13. The summed E-state index contributed by atoms with van der Waals surface area (Å²) in [5.74, 6) is 0.176. The topological polar surface area (TPSA) is 67.2 Å². The van der Waals surface area contributed by atoms with Crippen molar-refractivity contribution < 1.29 is 4.79 Å². The van der Waals surface area contributed by atoms with Gasteiger partial charge in [0.1, 0.15) is 0 Å². The molecule has 0 aliphatic carbocycles. The van der Waals surface area contributed by atoms with Crippen molar-refractivity contribution in [1.82, 2.24) is 14.5 Å². The van der Waals surface area contributed by atoms with Crippen molar-refractivity contribution in [2.45, 2.75) is 33.7 Å². The largest absolute Gasteiger partial charge is 0.351 e. The second kappa shape index (κ2) is 12.1. The molecule has 3 rings (SSSR count). The molecule has 2 aromatic rings. The number of nitrogens with one attached hydrogen (secondary N) is 1. The second-order valence-corrected chi connectivity index (χ2v) is 9.38. The quantitative estimate of drug-likeness (QED) is 0.412. The van der Waals surface area contributed by atoms with Gasteiger partial charge in [0, 0.05) is 24.2 Å². The summed E-state index contributed by atoms with van der Waals surface area (Å²) in [6, 6.07) is 4.79. The SMILES string of the molecule is C=C/C(=C\C)CNc1nc2c(c(=O)n1/C(C=C)=C/C=C(C)C)CCN(C(=O)c1ccc(Cl)c(Cl)c1)C2. The van der Waals surface area contributed by atoms with E-state index in [1.807, 2.05) is 39.0 Å². The van der Waals surface area contributed by atoms with Crippen molar-refractivity contribution in [3.63, 3.8) is 0 Å². The van der Waals surface area contributed by atoms with Crippen molar-refractivity contribution >= 4 is 40.8 Å². The maximum absolute atomic E-state index is 13.7. The van der Waals surface area contributed by atoms with E-state index in [1.54, 1.807) is 35.3 Å². The first kappa shape index (κ1) is 27.2. The van der Waals surface area contributed by atoms with Crippen molar-refractivity contribution in [2.75, 3.05) is 18.4 Å². The molecular formula is C28H30Cl2N4O2. The highest BCUT2D eigenvalue weighted by molar-refractivity contribution is 6.42. The molecule has 1 N–H and O–H groups in total. The zero-order valence-electron chi connectivity index (χ0n) is 20.8. The van der Waals surface area contributed by atoms with E-state index in [0.717, 1.165) is 11.1 Å². The number of carbonyl (C=O) groups is 1. The van der Waals surface area contributed by atoms with Gasteiger partial charge in [0.05, 0.1) is 28.0 Å². The van der Waals surface area contributed by atoms with E-state index in [2.05, 4.69) is 18.5 Å². The molecule has 0 atom stereocenters. The summed E-state index contributed by atoms with van der Waals surface area (Å²) in [5, 5.41) is 3.96. The van der Waals surface area contributed by atoms with E-state index in [4.69, 9.17) is 28.2 Å². The van der Waals surface area contributed by atoms with E-state index in [0.29, 0.717) is 58.0 Å². The molecule has 1 aliphatic rings. The Balaban J connectivity index is 2.06. The number of amides is 1. The highest BCUT2D eigenvalue weighted by Crippen LogP contribution is 2.25. The predicted molar refractivity (Wildman–Crippen MR) is 150 cm³/mol. The molecule has 36 heavy (non-hydrogen) atoms. The van der Waals surface area contributed by atoms with Crippen molar-refractivity contribution in [3.05, 3.63) is 110 Å². The number of nitrogens with zero attached hydrogens (tertiary/aromatic N) is 3. The fourth-order valence-electron chi connectivity index (χ4n) is 3.79. The van der Waals surface area contributed by atoms with Gasteiger partial charge in [-0.15, -0.1) is 0 Å². The lowest BCUT2D eigenvalue weighted by Gasteiger charge is -2.29. The molecule has 188 valence electrons. The number of carbonyl (C=O) groups excluding carboxylic acids is 1. The van der Waals surface area contributed by atoms with Crippen LogP contribution in [0.2, 0.25) is 10.0 Å². The lowest BCUT2D eigenvalue weighted by molar-refractivity contribution is 0.0731. The van der Waals surface area contributed by atoms with Gasteiger partial charge in [-0.2, -0.15) is 0 Å². The first-order valence-corrected chi connectivity index (χ1v) is 12.3. The van der Waals surface area contributed by atoms with Crippen LogP contribution in [0.25, 0.3) is 5.70 Å². The molecular weight excluding hydrogens is 495 g/mol. The number of anilines is 1. The summed E-state index contributed by atoms with van der Waals surface area (Å²) in [7, 11) is 0. The minimum atomic E-state index is -0.196. The van der Waals surface area contributed by atoms with E-state index >= 15 is 0 Å². The fourth-order valence-corrected chi connectivity index (χ4v) is 4.09. The van der Waals surface area contributed by atoms with Crippen LogP contribution in [0.3, 0.4) is 0 Å². The molecule has 1 amide bonds. The van der Waals surface area contributed by atoms with Gasteiger partial charge in [-0.3, -0.25) is 9.59 Å². The Labute approximate surface area is 221 Å². The number of rotatable bonds is 8.